The lowest BCUT2D eigenvalue weighted by molar-refractivity contribution is 0.0389. The van der Waals surface area contributed by atoms with Crippen LogP contribution >= 0.6 is 0 Å². The fourth-order valence-electron chi connectivity index (χ4n) is 3.32. The number of hydrogen-bond acceptors (Lipinski definition) is 6. The zero-order chi connectivity index (χ0) is 19.5. The van der Waals surface area contributed by atoms with Crippen LogP contribution in [0.1, 0.15) is 17.2 Å². The zero-order valence-electron chi connectivity index (χ0n) is 15.4. The summed E-state index contributed by atoms with van der Waals surface area (Å²) in [6.07, 6.45) is 3.17. The molecule has 140 valence electrons. The predicted molar refractivity (Wildman–Crippen MR) is 105 cm³/mol. The second-order valence-corrected chi connectivity index (χ2v) is 6.62. The molecule has 2 aromatic heterocycles. The Morgan fingerprint density at radius 1 is 1.21 bits per heavy atom. The van der Waals surface area contributed by atoms with Gasteiger partial charge < -0.3 is 9.64 Å². The predicted octanol–water partition coefficient (Wildman–Crippen LogP) is 2.29. The lowest BCUT2D eigenvalue weighted by Gasteiger charge is -2.34. The van der Waals surface area contributed by atoms with Crippen molar-refractivity contribution < 1.29 is 4.74 Å². The van der Waals surface area contributed by atoms with Gasteiger partial charge in [-0.15, -0.1) is 0 Å². The molecule has 1 aliphatic rings. The number of nitrogens with zero attached hydrogens (tertiary/aromatic N) is 5. The number of pyridine rings is 1. The van der Waals surface area contributed by atoms with Gasteiger partial charge in [0.25, 0.3) is 5.56 Å². The van der Waals surface area contributed by atoms with Crippen molar-refractivity contribution in [1.29, 1.82) is 5.26 Å². The molecule has 0 bridgehead atoms. The van der Waals surface area contributed by atoms with E-state index in [1.165, 1.54) is 6.07 Å². The van der Waals surface area contributed by atoms with Gasteiger partial charge in [0.15, 0.2) is 0 Å². The molecule has 3 aromatic rings. The van der Waals surface area contributed by atoms with Gasteiger partial charge in [0.05, 0.1) is 30.5 Å². The summed E-state index contributed by atoms with van der Waals surface area (Å²) in [5.41, 5.74) is 2.89. The van der Waals surface area contributed by atoms with E-state index in [1.807, 2.05) is 30.3 Å². The summed E-state index contributed by atoms with van der Waals surface area (Å²) < 4.78 is 7.48. The summed E-state index contributed by atoms with van der Waals surface area (Å²) in [7, 11) is 1.72. The molecule has 28 heavy (non-hydrogen) atoms. The smallest absolute Gasteiger partial charge is 0.255 e. The van der Waals surface area contributed by atoms with Crippen molar-refractivity contribution in [3.05, 3.63) is 76.3 Å². The van der Waals surface area contributed by atoms with Crippen LogP contribution in [-0.4, -0.2) is 34.2 Å². The third kappa shape index (κ3) is 3.50. The van der Waals surface area contributed by atoms with Crippen molar-refractivity contribution in [1.82, 2.24) is 14.5 Å². The first-order chi connectivity index (χ1) is 13.7. The van der Waals surface area contributed by atoms with Gasteiger partial charge in [0.1, 0.15) is 6.10 Å². The Kier molecular flexibility index (Phi) is 4.87. The first-order valence-electron chi connectivity index (χ1n) is 9.01. The van der Waals surface area contributed by atoms with Crippen LogP contribution in [0.5, 0.6) is 0 Å². The Morgan fingerprint density at radius 3 is 2.82 bits per heavy atom. The molecular weight excluding hydrogens is 354 g/mol. The summed E-state index contributed by atoms with van der Waals surface area (Å²) in [6.45, 7) is 1.69. The van der Waals surface area contributed by atoms with Crippen LogP contribution in [0.15, 0.2) is 59.7 Å². The first kappa shape index (κ1) is 17.9. The fraction of sp³-hybridized carbons (Fsp3) is 0.238. The van der Waals surface area contributed by atoms with Gasteiger partial charge in [0.2, 0.25) is 5.95 Å². The number of anilines is 1. The van der Waals surface area contributed by atoms with E-state index in [0.29, 0.717) is 36.9 Å². The highest BCUT2D eigenvalue weighted by molar-refractivity contribution is 5.59. The largest absolute Gasteiger partial charge is 0.370 e. The normalized spacial score (nSPS) is 16.6. The maximum Gasteiger partial charge on any atom is 0.255 e. The molecule has 4 rings (SSSR count). The number of ether oxygens (including phenoxy) is 1. The monoisotopic (exact) mass is 373 g/mol. The lowest BCUT2D eigenvalue weighted by atomic mass is 10.1. The van der Waals surface area contributed by atoms with E-state index in [0.717, 1.165) is 11.1 Å². The van der Waals surface area contributed by atoms with Gasteiger partial charge in [-0.25, -0.2) is 4.98 Å². The van der Waals surface area contributed by atoms with Crippen molar-refractivity contribution in [2.45, 2.75) is 6.10 Å². The Balaban J connectivity index is 1.67. The summed E-state index contributed by atoms with van der Waals surface area (Å²) in [4.78, 5) is 23.3. The highest BCUT2D eigenvalue weighted by atomic mass is 16.5. The van der Waals surface area contributed by atoms with Crippen molar-refractivity contribution >= 4 is 5.95 Å². The first-order valence-corrected chi connectivity index (χ1v) is 9.01. The molecule has 0 saturated carbocycles. The minimum absolute atomic E-state index is 0.119. The average Bonchev–Trinajstić information content (AvgIpc) is 2.76. The number of rotatable bonds is 3. The van der Waals surface area contributed by atoms with E-state index in [-0.39, 0.29) is 11.7 Å². The second-order valence-electron chi connectivity index (χ2n) is 6.62. The van der Waals surface area contributed by atoms with E-state index < -0.39 is 0 Å². The highest BCUT2D eigenvalue weighted by Gasteiger charge is 2.25. The minimum Gasteiger partial charge on any atom is -0.370 e. The molecule has 0 unspecified atom stereocenters. The summed E-state index contributed by atoms with van der Waals surface area (Å²) in [5.74, 6) is 0.601. The van der Waals surface area contributed by atoms with Crippen LogP contribution in [0, 0.1) is 11.3 Å². The molecule has 0 aliphatic carbocycles. The number of aromatic nitrogens is 3. The molecule has 1 atom stereocenters. The third-order valence-electron chi connectivity index (χ3n) is 4.82. The minimum atomic E-state index is -0.191. The average molecular weight is 373 g/mol. The van der Waals surface area contributed by atoms with Crippen molar-refractivity contribution in [3.8, 4) is 17.3 Å². The molecular formula is C21H19N5O2. The second kappa shape index (κ2) is 7.62. The molecule has 7 nitrogen and oxygen atoms in total. The van der Waals surface area contributed by atoms with Crippen LogP contribution in [0.4, 0.5) is 5.95 Å². The third-order valence-corrected chi connectivity index (χ3v) is 4.82. The molecule has 1 saturated heterocycles. The van der Waals surface area contributed by atoms with Crippen LogP contribution in [-0.2, 0) is 11.8 Å². The summed E-state index contributed by atoms with van der Waals surface area (Å²) >= 11 is 0. The van der Waals surface area contributed by atoms with Crippen LogP contribution in [0.25, 0.3) is 11.3 Å². The van der Waals surface area contributed by atoms with Gasteiger partial charge in [-0.05, 0) is 29.8 Å². The van der Waals surface area contributed by atoms with Gasteiger partial charge >= 0.3 is 0 Å². The van der Waals surface area contributed by atoms with E-state index in [2.05, 4.69) is 16.0 Å². The Hall–Kier alpha value is -3.50. The van der Waals surface area contributed by atoms with E-state index in [4.69, 9.17) is 15.0 Å². The molecule has 0 amide bonds. The van der Waals surface area contributed by atoms with Crippen LogP contribution in [0.3, 0.4) is 0 Å². The highest BCUT2D eigenvalue weighted by Crippen LogP contribution is 2.26. The topological polar surface area (TPSA) is 84.0 Å². The molecule has 7 heteroatoms. The number of morpholine rings is 1. The van der Waals surface area contributed by atoms with Gasteiger partial charge in [-0.3, -0.25) is 14.3 Å². The number of benzene rings is 1. The Morgan fingerprint density at radius 2 is 2.04 bits per heavy atom. The van der Waals surface area contributed by atoms with Gasteiger partial charge in [-0.2, -0.15) is 5.26 Å². The quantitative estimate of drug-likeness (QED) is 0.700. The van der Waals surface area contributed by atoms with E-state index >= 15 is 0 Å². The van der Waals surface area contributed by atoms with Crippen LogP contribution < -0.4 is 10.5 Å². The molecule has 0 N–H and O–H groups in total. The van der Waals surface area contributed by atoms with Gasteiger partial charge in [-0.1, -0.05) is 12.1 Å². The molecule has 3 heterocycles. The van der Waals surface area contributed by atoms with Crippen molar-refractivity contribution in [2.24, 2.45) is 7.05 Å². The maximum absolute atomic E-state index is 12.5. The van der Waals surface area contributed by atoms with E-state index in [1.54, 1.807) is 30.1 Å². The number of hydrogen-bond donors (Lipinski definition) is 0. The molecule has 1 aliphatic heterocycles. The lowest BCUT2D eigenvalue weighted by Crippen LogP contribution is -2.41. The molecule has 1 aromatic carbocycles. The molecule has 0 spiro atoms. The zero-order valence-corrected chi connectivity index (χ0v) is 15.4. The Labute approximate surface area is 162 Å². The van der Waals surface area contributed by atoms with Crippen LogP contribution in [0.2, 0.25) is 0 Å². The van der Waals surface area contributed by atoms with E-state index in [9.17, 15) is 4.79 Å². The SMILES string of the molecule is Cn1c(N2CCO[C@H](c3cccc(C#N)c3)C2)nc(-c2ccncc2)cc1=O. The summed E-state index contributed by atoms with van der Waals surface area (Å²) in [5, 5.41) is 9.14. The standard InChI is InChI=1S/C21H19N5O2/c1-25-20(27)12-18(16-5-7-23-8-6-16)24-21(25)26-9-10-28-19(14-26)17-4-2-3-15(11-17)13-22/h2-8,11-12,19H,9-10,14H2,1H3/t19-/m0/s1. The van der Waals surface area contributed by atoms with Gasteiger partial charge in [0, 0.05) is 37.6 Å². The maximum atomic E-state index is 12.5. The fourth-order valence-corrected chi connectivity index (χ4v) is 3.32. The molecule has 1 fully saturated rings. The Bertz CT molecular complexity index is 1090. The summed E-state index contributed by atoms with van der Waals surface area (Å²) in [6, 6.07) is 14.8. The van der Waals surface area contributed by atoms with Crippen molar-refractivity contribution in [3.63, 3.8) is 0 Å². The number of nitriles is 1. The van der Waals surface area contributed by atoms with Crippen molar-refractivity contribution in [2.75, 3.05) is 24.6 Å². The molecule has 0 radical (unpaired) electrons.